The summed E-state index contributed by atoms with van der Waals surface area (Å²) in [6.45, 7) is 3.96. The number of hydrogen-bond donors (Lipinski definition) is 0. The Hall–Kier alpha value is -4.95. The molecular formula is C30H22N4O3S. The SMILES string of the molecule is C=CN(c1ccco1)c1nc(-c2ccccc2)c(-c2nc3ccccc3c(=O)n2-c2ccc(OC)cc2)s1. The Bertz CT molecular complexity index is 1790. The van der Waals surface area contributed by atoms with Gasteiger partial charge in [0.2, 0.25) is 5.88 Å². The van der Waals surface area contributed by atoms with Gasteiger partial charge >= 0.3 is 0 Å². The van der Waals surface area contributed by atoms with Gasteiger partial charge in [0.1, 0.15) is 10.6 Å². The lowest BCUT2D eigenvalue weighted by molar-refractivity contribution is 0.414. The molecule has 0 saturated heterocycles. The van der Waals surface area contributed by atoms with Gasteiger partial charge in [-0.05, 0) is 42.5 Å². The number of para-hydroxylation sites is 1. The minimum absolute atomic E-state index is 0.170. The molecule has 3 aromatic heterocycles. The lowest BCUT2D eigenvalue weighted by atomic mass is 10.1. The maximum absolute atomic E-state index is 13.9. The Morgan fingerprint density at radius 1 is 0.947 bits per heavy atom. The van der Waals surface area contributed by atoms with Gasteiger partial charge in [-0.1, -0.05) is 60.4 Å². The smallest absolute Gasteiger partial charge is 0.266 e. The first kappa shape index (κ1) is 23.4. The molecule has 0 fully saturated rings. The number of ether oxygens (including phenoxy) is 1. The second-order valence-corrected chi connectivity index (χ2v) is 9.31. The molecule has 7 nitrogen and oxygen atoms in total. The molecule has 6 rings (SSSR count). The van der Waals surface area contributed by atoms with E-state index in [2.05, 4.69) is 6.58 Å². The van der Waals surface area contributed by atoms with Crippen LogP contribution in [0.25, 0.3) is 38.5 Å². The van der Waals surface area contributed by atoms with Crippen molar-refractivity contribution in [3.8, 4) is 33.4 Å². The first-order chi connectivity index (χ1) is 18.7. The zero-order valence-corrected chi connectivity index (χ0v) is 21.3. The van der Waals surface area contributed by atoms with Crippen LogP contribution in [0.1, 0.15) is 0 Å². The van der Waals surface area contributed by atoms with Gasteiger partial charge in [-0.25, -0.2) is 9.97 Å². The van der Waals surface area contributed by atoms with Crippen molar-refractivity contribution in [2.45, 2.75) is 0 Å². The number of anilines is 2. The van der Waals surface area contributed by atoms with Gasteiger partial charge in [0.15, 0.2) is 11.0 Å². The van der Waals surface area contributed by atoms with Gasteiger partial charge in [0.25, 0.3) is 5.56 Å². The zero-order valence-electron chi connectivity index (χ0n) is 20.4. The lowest BCUT2D eigenvalue weighted by Crippen LogP contribution is -2.21. The summed E-state index contributed by atoms with van der Waals surface area (Å²) in [5.41, 5.74) is 2.71. The summed E-state index contributed by atoms with van der Waals surface area (Å²) in [5.74, 6) is 1.77. The minimum atomic E-state index is -0.170. The van der Waals surface area contributed by atoms with Crippen LogP contribution in [0.4, 0.5) is 11.0 Å². The summed E-state index contributed by atoms with van der Waals surface area (Å²) in [6.07, 6.45) is 3.26. The second-order valence-electron chi connectivity index (χ2n) is 8.34. The summed E-state index contributed by atoms with van der Waals surface area (Å²) in [4.78, 5) is 26.5. The van der Waals surface area contributed by atoms with Crippen LogP contribution in [-0.4, -0.2) is 21.6 Å². The highest BCUT2D eigenvalue weighted by Gasteiger charge is 2.24. The Labute approximate surface area is 222 Å². The largest absolute Gasteiger partial charge is 0.497 e. The van der Waals surface area contributed by atoms with Crippen molar-refractivity contribution in [3.05, 3.63) is 120 Å². The molecule has 0 atom stereocenters. The fourth-order valence-electron chi connectivity index (χ4n) is 4.28. The van der Waals surface area contributed by atoms with Crippen LogP contribution in [0.15, 0.2) is 119 Å². The maximum atomic E-state index is 13.9. The van der Waals surface area contributed by atoms with E-state index in [1.54, 1.807) is 35.1 Å². The number of aromatic nitrogens is 3. The molecule has 0 amide bonds. The van der Waals surface area contributed by atoms with E-state index in [0.29, 0.717) is 44.9 Å². The Balaban J connectivity index is 1.66. The fourth-order valence-corrected chi connectivity index (χ4v) is 5.35. The van der Waals surface area contributed by atoms with Crippen LogP contribution in [-0.2, 0) is 0 Å². The number of benzene rings is 3. The average molecular weight is 519 g/mol. The monoisotopic (exact) mass is 518 g/mol. The van der Waals surface area contributed by atoms with Gasteiger partial charge in [0, 0.05) is 17.8 Å². The maximum Gasteiger partial charge on any atom is 0.266 e. The normalized spacial score (nSPS) is 11.0. The Morgan fingerprint density at radius 2 is 1.71 bits per heavy atom. The van der Waals surface area contributed by atoms with Crippen LogP contribution < -0.4 is 15.2 Å². The summed E-state index contributed by atoms with van der Waals surface area (Å²) in [7, 11) is 1.61. The highest BCUT2D eigenvalue weighted by Crippen LogP contribution is 2.42. The number of thiazole rings is 1. The third-order valence-corrected chi connectivity index (χ3v) is 7.16. The summed E-state index contributed by atoms with van der Waals surface area (Å²) in [6, 6.07) is 28.2. The van der Waals surface area contributed by atoms with E-state index in [0.717, 1.165) is 10.4 Å². The molecule has 3 heterocycles. The lowest BCUT2D eigenvalue weighted by Gasteiger charge is -2.14. The molecule has 38 heavy (non-hydrogen) atoms. The molecule has 0 bridgehead atoms. The summed E-state index contributed by atoms with van der Waals surface area (Å²) < 4.78 is 12.6. The molecule has 3 aromatic carbocycles. The molecule has 6 aromatic rings. The first-order valence-electron chi connectivity index (χ1n) is 11.9. The molecule has 8 heteroatoms. The number of hydrogen-bond acceptors (Lipinski definition) is 7. The van der Waals surface area contributed by atoms with Crippen molar-refractivity contribution in [2.24, 2.45) is 0 Å². The van der Waals surface area contributed by atoms with Crippen molar-refractivity contribution in [2.75, 3.05) is 12.0 Å². The molecular weight excluding hydrogens is 496 g/mol. The standard InChI is InChI=1S/C30H22N4O3S/c1-3-33(25-14-9-19-37-25)30-32-26(20-10-5-4-6-11-20)27(38-30)28-31-24-13-8-7-12-23(24)29(35)34(28)21-15-17-22(36-2)18-16-21/h3-19H,1H2,2H3. The van der Waals surface area contributed by atoms with E-state index in [4.69, 9.17) is 19.1 Å². The topological polar surface area (TPSA) is 73.4 Å². The highest BCUT2D eigenvalue weighted by atomic mass is 32.1. The van der Waals surface area contributed by atoms with Crippen molar-refractivity contribution < 1.29 is 9.15 Å². The van der Waals surface area contributed by atoms with E-state index >= 15 is 0 Å². The Kier molecular flexibility index (Phi) is 6.07. The molecule has 0 unspecified atom stereocenters. The van der Waals surface area contributed by atoms with Crippen molar-refractivity contribution in [3.63, 3.8) is 0 Å². The molecule has 0 N–H and O–H groups in total. The van der Waals surface area contributed by atoms with E-state index in [-0.39, 0.29) is 5.56 Å². The predicted octanol–water partition coefficient (Wildman–Crippen LogP) is 7.06. The number of nitrogens with zero attached hydrogens (tertiary/aromatic N) is 4. The van der Waals surface area contributed by atoms with E-state index < -0.39 is 0 Å². The van der Waals surface area contributed by atoms with Gasteiger partial charge in [0.05, 0.1) is 35.7 Å². The van der Waals surface area contributed by atoms with Crippen LogP contribution in [0.5, 0.6) is 5.75 Å². The van der Waals surface area contributed by atoms with Gasteiger partial charge < -0.3 is 9.15 Å². The molecule has 0 aliphatic rings. The molecule has 0 aliphatic carbocycles. The molecule has 0 aliphatic heterocycles. The number of fused-ring (bicyclic) bond motifs is 1. The molecule has 0 radical (unpaired) electrons. The van der Waals surface area contributed by atoms with Crippen LogP contribution in [0.3, 0.4) is 0 Å². The van der Waals surface area contributed by atoms with Gasteiger partial charge in [-0.15, -0.1) is 0 Å². The molecule has 0 spiro atoms. The Morgan fingerprint density at radius 3 is 2.42 bits per heavy atom. The third-order valence-electron chi connectivity index (χ3n) is 6.10. The predicted molar refractivity (Wildman–Crippen MR) is 151 cm³/mol. The van der Waals surface area contributed by atoms with E-state index in [1.807, 2.05) is 84.9 Å². The summed E-state index contributed by atoms with van der Waals surface area (Å²) in [5, 5.41) is 1.16. The van der Waals surface area contributed by atoms with Crippen molar-refractivity contribution in [1.29, 1.82) is 0 Å². The number of furan rings is 1. The second kappa shape index (κ2) is 9.84. The molecule has 186 valence electrons. The zero-order chi connectivity index (χ0) is 26.1. The van der Waals surface area contributed by atoms with Crippen LogP contribution in [0, 0.1) is 0 Å². The quantitative estimate of drug-likeness (QED) is 0.225. The van der Waals surface area contributed by atoms with E-state index in [9.17, 15) is 4.79 Å². The highest BCUT2D eigenvalue weighted by molar-refractivity contribution is 7.19. The van der Waals surface area contributed by atoms with Crippen LogP contribution in [0.2, 0.25) is 0 Å². The number of methoxy groups -OCH3 is 1. The van der Waals surface area contributed by atoms with E-state index in [1.165, 1.54) is 11.3 Å². The summed E-state index contributed by atoms with van der Waals surface area (Å²) >= 11 is 1.41. The number of rotatable bonds is 7. The third kappa shape index (κ3) is 4.07. The van der Waals surface area contributed by atoms with Crippen molar-refractivity contribution >= 4 is 33.3 Å². The van der Waals surface area contributed by atoms with Crippen LogP contribution >= 0.6 is 11.3 Å². The fraction of sp³-hybridized carbons (Fsp3) is 0.0333. The first-order valence-corrected chi connectivity index (χ1v) is 12.7. The molecule has 0 saturated carbocycles. The van der Waals surface area contributed by atoms with Gasteiger partial charge in [-0.2, -0.15) is 0 Å². The van der Waals surface area contributed by atoms with Crippen molar-refractivity contribution in [1.82, 2.24) is 14.5 Å². The van der Waals surface area contributed by atoms with Gasteiger partial charge in [-0.3, -0.25) is 14.3 Å². The average Bonchev–Trinajstić information content (AvgIpc) is 3.65. The minimum Gasteiger partial charge on any atom is -0.497 e.